The van der Waals surface area contributed by atoms with Crippen LogP contribution in [0.2, 0.25) is 0 Å². The second-order valence-corrected chi connectivity index (χ2v) is 10.0. The topological polar surface area (TPSA) is 45.9 Å². The molecule has 5 rings (SSSR count). The van der Waals surface area contributed by atoms with Gasteiger partial charge in [0.25, 0.3) is 0 Å². The van der Waals surface area contributed by atoms with Crippen LogP contribution in [0.3, 0.4) is 0 Å². The average molecular weight is 447 g/mol. The van der Waals surface area contributed by atoms with Gasteiger partial charge in [-0.3, -0.25) is 9.69 Å². The lowest BCUT2D eigenvalue weighted by atomic mass is 9.78. The minimum Gasteiger partial charge on any atom is -0.464 e. The van der Waals surface area contributed by atoms with Gasteiger partial charge in [0.2, 0.25) is 5.91 Å². The Hall–Kier alpha value is -2.63. The van der Waals surface area contributed by atoms with Gasteiger partial charge in [-0.2, -0.15) is 0 Å². The Kier molecular flexibility index (Phi) is 6.52. The summed E-state index contributed by atoms with van der Waals surface area (Å²) < 4.78 is 11.5. The summed E-state index contributed by atoms with van der Waals surface area (Å²) in [6.45, 7) is 7.83. The summed E-state index contributed by atoms with van der Waals surface area (Å²) >= 11 is 0. The van der Waals surface area contributed by atoms with Crippen molar-refractivity contribution in [3.63, 3.8) is 0 Å². The summed E-state index contributed by atoms with van der Waals surface area (Å²) in [5.74, 6) is 0.601. The molecule has 0 unspecified atom stereocenters. The third kappa shape index (κ3) is 5.15. The fourth-order valence-corrected chi connectivity index (χ4v) is 5.29. The Bertz CT molecular complexity index is 1070. The maximum atomic E-state index is 13.7. The Labute approximate surface area is 196 Å². The Morgan fingerprint density at radius 3 is 2.67 bits per heavy atom. The van der Waals surface area contributed by atoms with Crippen LogP contribution in [0.4, 0.5) is 0 Å². The van der Waals surface area contributed by atoms with Gasteiger partial charge in [0.1, 0.15) is 5.58 Å². The van der Waals surface area contributed by atoms with Crippen molar-refractivity contribution in [1.82, 2.24) is 9.80 Å². The molecule has 0 spiro atoms. The van der Waals surface area contributed by atoms with Crippen molar-refractivity contribution >= 4 is 16.9 Å². The largest absolute Gasteiger partial charge is 0.464 e. The van der Waals surface area contributed by atoms with E-state index in [1.165, 1.54) is 11.1 Å². The van der Waals surface area contributed by atoms with E-state index in [0.717, 1.165) is 56.4 Å². The molecule has 3 aromatic rings. The van der Waals surface area contributed by atoms with Crippen LogP contribution in [-0.4, -0.2) is 55.1 Å². The van der Waals surface area contributed by atoms with Crippen molar-refractivity contribution < 1.29 is 13.9 Å². The van der Waals surface area contributed by atoms with Gasteiger partial charge in [0.05, 0.1) is 19.5 Å². The van der Waals surface area contributed by atoms with E-state index in [1.807, 2.05) is 6.07 Å². The molecule has 0 aliphatic carbocycles. The van der Waals surface area contributed by atoms with Gasteiger partial charge >= 0.3 is 0 Å². The number of nitrogens with zero attached hydrogens (tertiary/aromatic N) is 2. The molecule has 1 amide bonds. The van der Waals surface area contributed by atoms with Gasteiger partial charge in [0.15, 0.2) is 0 Å². The molecule has 0 bridgehead atoms. The number of fused-ring (bicyclic) bond motifs is 1. The molecule has 3 heterocycles. The van der Waals surface area contributed by atoms with Crippen LogP contribution in [0.25, 0.3) is 11.0 Å². The molecule has 2 aliphatic heterocycles. The third-order valence-electron chi connectivity index (χ3n) is 7.39. The lowest BCUT2D eigenvalue weighted by molar-refractivity contribution is -0.144. The van der Waals surface area contributed by atoms with E-state index in [0.29, 0.717) is 31.6 Å². The van der Waals surface area contributed by atoms with Crippen LogP contribution in [0.5, 0.6) is 0 Å². The molecule has 2 saturated heterocycles. The Morgan fingerprint density at radius 2 is 1.85 bits per heavy atom. The molecule has 2 aliphatic rings. The van der Waals surface area contributed by atoms with E-state index in [9.17, 15) is 4.79 Å². The standard InChI is InChI=1S/C28H34N2O3/c1-28(10-12-29(13-11-28)19-22-5-3-2-4-6-22)27(31)30-14-16-32-21-24(20-30)17-23-7-8-25-9-15-33-26(25)18-23/h2-9,15,18,24H,10-14,16-17,19-21H2,1H3/t24-/m0/s1. The summed E-state index contributed by atoms with van der Waals surface area (Å²) in [5.41, 5.74) is 3.22. The molecule has 5 heteroatoms. The molecule has 2 fully saturated rings. The molecule has 33 heavy (non-hydrogen) atoms. The summed E-state index contributed by atoms with van der Waals surface area (Å²) in [6, 6.07) is 19.0. The van der Waals surface area contributed by atoms with Gasteiger partial charge in [-0.15, -0.1) is 0 Å². The first-order valence-electron chi connectivity index (χ1n) is 12.2. The number of hydrogen-bond donors (Lipinski definition) is 0. The van der Waals surface area contributed by atoms with E-state index >= 15 is 0 Å². The number of piperidine rings is 1. The molecule has 174 valence electrons. The highest BCUT2D eigenvalue weighted by Crippen LogP contribution is 2.34. The van der Waals surface area contributed by atoms with Crippen LogP contribution in [-0.2, 0) is 22.5 Å². The highest BCUT2D eigenvalue weighted by molar-refractivity contribution is 5.82. The number of benzene rings is 2. The minimum atomic E-state index is -0.283. The summed E-state index contributed by atoms with van der Waals surface area (Å²) in [6.07, 6.45) is 4.45. The van der Waals surface area contributed by atoms with E-state index in [2.05, 4.69) is 65.3 Å². The van der Waals surface area contributed by atoms with E-state index in [-0.39, 0.29) is 5.41 Å². The van der Waals surface area contributed by atoms with Crippen molar-refractivity contribution in [2.24, 2.45) is 11.3 Å². The first-order valence-corrected chi connectivity index (χ1v) is 12.2. The first kappa shape index (κ1) is 22.2. The fraction of sp³-hybridized carbons (Fsp3) is 0.464. The molecule has 0 radical (unpaired) electrons. The predicted octanol–water partition coefficient (Wildman–Crippen LogP) is 4.75. The molecule has 1 aromatic heterocycles. The van der Waals surface area contributed by atoms with E-state index in [4.69, 9.17) is 9.15 Å². The van der Waals surface area contributed by atoms with Gasteiger partial charge < -0.3 is 14.1 Å². The zero-order chi connectivity index (χ0) is 22.7. The number of hydrogen-bond acceptors (Lipinski definition) is 4. The normalized spacial score (nSPS) is 21.7. The maximum Gasteiger partial charge on any atom is 0.228 e. The second kappa shape index (κ2) is 9.70. The lowest BCUT2D eigenvalue weighted by Gasteiger charge is -2.41. The van der Waals surface area contributed by atoms with Crippen LogP contribution in [0.1, 0.15) is 30.9 Å². The SMILES string of the molecule is CC1(C(=O)N2CCOC[C@@H](Cc3ccc4ccoc4c3)C2)CCN(Cc2ccccc2)CC1. The minimum absolute atomic E-state index is 0.283. The molecule has 2 aromatic carbocycles. The highest BCUT2D eigenvalue weighted by atomic mass is 16.5. The van der Waals surface area contributed by atoms with Gasteiger partial charge in [-0.05, 0) is 55.6 Å². The molecule has 5 nitrogen and oxygen atoms in total. The number of likely N-dealkylation sites (tertiary alicyclic amines) is 1. The number of amides is 1. The maximum absolute atomic E-state index is 13.7. The van der Waals surface area contributed by atoms with Crippen molar-refractivity contribution in [2.45, 2.75) is 32.7 Å². The summed E-state index contributed by atoms with van der Waals surface area (Å²) in [4.78, 5) is 18.2. The van der Waals surface area contributed by atoms with Crippen molar-refractivity contribution in [3.8, 4) is 0 Å². The third-order valence-corrected chi connectivity index (χ3v) is 7.39. The molecule has 0 N–H and O–H groups in total. The highest BCUT2D eigenvalue weighted by Gasteiger charge is 2.40. The monoisotopic (exact) mass is 446 g/mol. The smallest absolute Gasteiger partial charge is 0.228 e. The van der Waals surface area contributed by atoms with Gasteiger partial charge in [-0.1, -0.05) is 49.4 Å². The summed E-state index contributed by atoms with van der Waals surface area (Å²) in [5, 5.41) is 1.12. The zero-order valence-corrected chi connectivity index (χ0v) is 19.5. The molecule has 1 atom stereocenters. The number of furan rings is 1. The molecular formula is C28H34N2O3. The number of carbonyl (C=O) groups excluding carboxylic acids is 1. The van der Waals surface area contributed by atoms with Crippen molar-refractivity contribution in [1.29, 1.82) is 0 Å². The van der Waals surface area contributed by atoms with E-state index < -0.39 is 0 Å². The Morgan fingerprint density at radius 1 is 1.03 bits per heavy atom. The molecule has 0 saturated carbocycles. The molecular weight excluding hydrogens is 412 g/mol. The fourth-order valence-electron chi connectivity index (χ4n) is 5.29. The summed E-state index contributed by atoms with van der Waals surface area (Å²) in [7, 11) is 0. The first-order chi connectivity index (χ1) is 16.1. The quantitative estimate of drug-likeness (QED) is 0.567. The number of ether oxygens (including phenoxy) is 1. The van der Waals surface area contributed by atoms with Crippen molar-refractivity contribution in [2.75, 3.05) is 39.4 Å². The van der Waals surface area contributed by atoms with E-state index in [1.54, 1.807) is 6.26 Å². The predicted molar refractivity (Wildman–Crippen MR) is 130 cm³/mol. The van der Waals surface area contributed by atoms with Crippen molar-refractivity contribution in [3.05, 3.63) is 72.0 Å². The second-order valence-electron chi connectivity index (χ2n) is 10.0. The lowest BCUT2D eigenvalue weighted by Crippen LogP contribution is -2.50. The Balaban J connectivity index is 1.20. The van der Waals surface area contributed by atoms with Crippen LogP contribution in [0.15, 0.2) is 65.3 Å². The van der Waals surface area contributed by atoms with Gasteiger partial charge in [0, 0.05) is 36.4 Å². The average Bonchev–Trinajstić information content (AvgIpc) is 3.18. The number of rotatable bonds is 5. The number of carbonyl (C=O) groups is 1. The van der Waals surface area contributed by atoms with Crippen LogP contribution in [0, 0.1) is 11.3 Å². The zero-order valence-electron chi connectivity index (χ0n) is 19.5. The van der Waals surface area contributed by atoms with Gasteiger partial charge in [-0.25, -0.2) is 0 Å². The van der Waals surface area contributed by atoms with Crippen LogP contribution >= 0.6 is 0 Å². The van der Waals surface area contributed by atoms with Crippen LogP contribution < -0.4 is 0 Å².